The summed E-state index contributed by atoms with van der Waals surface area (Å²) in [6.07, 6.45) is 0.216. The average Bonchev–Trinajstić information content (AvgIpc) is 2.54. The number of benzene rings is 2. The van der Waals surface area contributed by atoms with Crippen LogP contribution >= 0.6 is 0 Å². The van der Waals surface area contributed by atoms with Gasteiger partial charge in [-0.15, -0.1) is 0 Å². The molecular formula is C17H18FNO3. The number of ether oxygens (including phenoxy) is 2. The maximum absolute atomic E-state index is 12.8. The Morgan fingerprint density at radius 1 is 1.00 bits per heavy atom. The second kappa shape index (κ2) is 7.45. The topological polar surface area (TPSA) is 47.6 Å². The molecule has 0 heterocycles. The number of nitrogens with one attached hydrogen (secondary N) is 1. The molecule has 1 N–H and O–H groups in total. The summed E-state index contributed by atoms with van der Waals surface area (Å²) in [5, 5.41) is 2.82. The molecule has 2 aromatic rings. The highest BCUT2D eigenvalue weighted by molar-refractivity contribution is 5.78. The molecule has 2 aromatic carbocycles. The monoisotopic (exact) mass is 303 g/mol. The van der Waals surface area contributed by atoms with E-state index in [-0.39, 0.29) is 18.1 Å². The van der Waals surface area contributed by atoms with Gasteiger partial charge in [-0.05, 0) is 35.4 Å². The molecule has 0 unspecified atom stereocenters. The lowest BCUT2D eigenvalue weighted by Gasteiger charge is -2.10. The van der Waals surface area contributed by atoms with Gasteiger partial charge in [0.25, 0.3) is 0 Å². The fraction of sp³-hybridized carbons (Fsp3) is 0.235. The third-order valence-electron chi connectivity index (χ3n) is 3.22. The number of carbonyl (C=O) groups is 1. The zero-order valence-electron chi connectivity index (χ0n) is 12.6. The molecular weight excluding hydrogens is 285 g/mol. The van der Waals surface area contributed by atoms with Crippen LogP contribution in [0.1, 0.15) is 11.1 Å². The first-order valence-electron chi connectivity index (χ1n) is 6.84. The molecule has 1 amide bonds. The maximum Gasteiger partial charge on any atom is 0.224 e. The van der Waals surface area contributed by atoms with Gasteiger partial charge in [-0.3, -0.25) is 4.79 Å². The highest BCUT2D eigenvalue weighted by atomic mass is 19.1. The molecule has 0 atom stereocenters. The van der Waals surface area contributed by atoms with Crippen molar-refractivity contribution in [2.45, 2.75) is 13.0 Å². The Balaban J connectivity index is 1.92. The van der Waals surface area contributed by atoms with E-state index in [9.17, 15) is 9.18 Å². The van der Waals surface area contributed by atoms with Gasteiger partial charge in [-0.2, -0.15) is 0 Å². The predicted molar refractivity (Wildman–Crippen MR) is 81.5 cm³/mol. The van der Waals surface area contributed by atoms with Crippen LogP contribution in [-0.2, 0) is 17.8 Å². The number of hydrogen-bond donors (Lipinski definition) is 1. The summed E-state index contributed by atoms with van der Waals surface area (Å²) in [5.41, 5.74) is 1.68. The van der Waals surface area contributed by atoms with E-state index in [1.54, 1.807) is 32.4 Å². The molecule has 4 nitrogen and oxygen atoms in total. The smallest absolute Gasteiger partial charge is 0.224 e. The largest absolute Gasteiger partial charge is 0.493 e. The van der Waals surface area contributed by atoms with Crippen molar-refractivity contribution in [3.8, 4) is 11.5 Å². The summed E-state index contributed by atoms with van der Waals surface area (Å²) in [5.74, 6) is 0.826. The average molecular weight is 303 g/mol. The first kappa shape index (κ1) is 15.8. The van der Waals surface area contributed by atoms with Crippen molar-refractivity contribution in [1.29, 1.82) is 0 Å². The normalized spacial score (nSPS) is 10.1. The molecule has 0 saturated heterocycles. The highest BCUT2D eigenvalue weighted by Crippen LogP contribution is 2.27. The van der Waals surface area contributed by atoms with E-state index in [2.05, 4.69) is 5.32 Å². The minimum absolute atomic E-state index is 0.124. The van der Waals surface area contributed by atoms with E-state index in [0.29, 0.717) is 18.0 Å². The third-order valence-corrected chi connectivity index (χ3v) is 3.22. The molecule has 0 fully saturated rings. The number of halogens is 1. The Kier molecular flexibility index (Phi) is 5.36. The van der Waals surface area contributed by atoms with E-state index < -0.39 is 0 Å². The Labute approximate surface area is 128 Å². The van der Waals surface area contributed by atoms with Crippen molar-refractivity contribution in [2.75, 3.05) is 14.2 Å². The number of amides is 1. The first-order valence-corrected chi connectivity index (χ1v) is 6.84. The van der Waals surface area contributed by atoms with Crippen molar-refractivity contribution in [2.24, 2.45) is 0 Å². The number of rotatable bonds is 6. The third kappa shape index (κ3) is 4.22. The Morgan fingerprint density at radius 3 is 2.27 bits per heavy atom. The van der Waals surface area contributed by atoms with E-state index in [0.717, 1.165) is 11.1 Å². The number of methoxy groups -OCH3 is 2. The van der Waals surface area contributed by atoms with Crippen LogP contribution in [0.2, 0.25) is 0 Å². The van der Waals surface area contributed by atoms with Gasteiger partial charge in [0.2, 0.25) is 5.91 Å². The number of hydrogen-bond acceptors (Lipinski definition) is 3. The Hall–Kier alpha value is -2.56. The van der Waals surface area contributed by atoms with Gasteiger partial charge in [0.1, 0.15) is 5.82 Å². The van der Waals surface area contributed by atoms with Crippen molar-refractivity contribution >= 4 is 5.91 Å². The van der Waals surface area contributed by atoms with E-state index in [4.69, 9.17) is 9.47 Å². The van der Waals surface area contributed by atoms with Gasteiger partial charge in [-0.1, -0.05) is 18.2 Å². The summed E-state index contributed by atoms with van der Waals surface area (Å²) in [4.78, 5) is 11.9. The van der Waals surface area contributed by atoms with Gasteiger partial charge in [0.15, 0.2) is 11.5 Å². The molecule has 0 aromatic heterocycles. The molecule has 0 aliphatic rings. The van der Waals surface area contributed by atoms with Crippen molar-refractivity contribution in [1.82, 2.24) is 5.32 Å². The lowest BCUT2D eigenvalue weighted by molar-refractivity contribution is -0.120. The lowest BCUT2D eigenvalue weighted by Crippen LogP contribution is -2.24. The van der Waals surface area contributed by atoms with Gasteiger partial charge < -0.3 is 14.8 Å². The van der Waals surface area contributed by atoms with Crippen molar-refractivity contribution in [3.05, 3.63) is 59.4 Å². The van der Waals surface area contributed by atoms with E-state index >= 15 is 0 Å². The standard InChI is InChI=1S/C17H18FNO3/c1-21-15-8-5-13(9-16(15)22-2)11-19-17(20)10-12-3-6-14(18)7-4-12/h3-9H,10-11H2,1-2H3,(H,19,20). The van der Waals surface area contributed by atoms with E-state index in [1.807, 2.05) is 12.1 Å². The minimum Gasteiger partial charge on any atom is -0.493 e. The van der Waals surface area contributed by atoms with Crippen LogP contribution < -0.4 is 14.8 Å². The van der Waals surface area contributed by atoms with Crippen LogP contribution in [0, 0.1) is 5.82 Å². The van der Waals surface area contributed by atoms with Crippen molar-refractivity contribution < 1.29 is 18.7 Å². The predicted octanol–water partition coefficient (Wildman–Crippen LogP) is 2.70. The second-order valence-electron chi connectivity index (χ2n) is 4.77. The second-order valence-corrected chi connectivity index (χ2v) is 4.77. The number of carbonyl (C=O) groups excluding carboxylic acids is 1. The quantitative estimate of drug-likeness (QED) is 0.892. The first-order chi connectivity index (χ1) is 10.6. The molecule has 0 spiro atoms. The van der Waals surface area contributed by atoms with Gasteiger partial charge >= 0.3 is 0 Å². The van der Waals surface area contributed by atoms with Crippen LogP contribution in [0.5, 0.6) is 11.5 Å². The van der Waals surface area contributed by atoms with Crippen LogP contribution in [0.4, 0.5) is 4.39 Å². The van der Waals surface area contributed by atoms with Gasteiger partial charge in [-0.25, -0.2) is 4.39 Å². The van der Waals surface area contributed by atoms with Gasteiger partial charge in [0, 0.05) is 6.54 Å². The summed E-state index contributed by atoms with van der Waals surface area (Å²) >= 11 is 0. The maximum atomic E-state index is 12.8. The van der Waals surface area contributed by atoms with Gasteiger partial charge in [0.05, 0.1) is 20.6 Å². The molecule has 0 bridgehead atoms. The van der Waals surface area contributed by atoms with E-state index in [1.165, 1.54) is 12.1 Å². The minimum atomic E-state index is -0.311. The summed E-state index contributed by atoms with van der Waals surface area (Å²) in [7, 11) is 3.14. The molecule has 0 aliphatic carbocycles. The SMILES string of the molecule is COc1ccc(CNC(=O)Cc2ccc(F)cc2)cc1OC. The molecule has 22 heavy (non-hydrogen) atoms. The molecule has 116 valence electrons. The fourth-order valence-corrected chi connectivity index (χ4v) is 2.04. The Bertz CT molecular complexity index is 641. The summed E-state index contributed by atoms with van der Waals surface area (Å²) in [6, 6.07) is 11.4. The fourth-order valence-electron chi connectivity index (χ4n) is 2.04. The molecule has 5 heteroatoms. The van der Waals surface area contributed by atoms with Crippen LogP contribution in [0.25, 0.3) is 0 Å². The van der Waals surface area contributed by atoms with Crippen LogP contribution in [0.3, 0.4) is 0 Å². The van der Waals surface area contributed by atoms with Crippen molar-refractivity contribution in [3.63, 3.8) is 0 Å². The molecule has 2 rings (SSSR count). The molecule has 0 saturated carbocycles. The molecule has 0 aliphatic heterocycles. The molecule has 0 radical (unpaired) electrons. The Morgan fingerprint density at radius 2 is 1.64 bits per heavy atom. The summed E-state index contributed by atoms with van der Waals surface area (Å²) < 4.78 is 23.2. The lowest BCUT2D eigenvalue weighted by atomic mass is 10.1. The summed E-state index contributed by atoms with van der Waals surface area (Å²) in [6.45, 7) is 0.389. The zero-order chi connectivity index (χ0) is 15.9. The van der Waals surface area contributed by atoms with Crippen LogP contribution in [0.15, 0.2) is 42.5 Å². The van der Waals surface area contributed by atoms with Crippen LogP contribution in [-0.4, -0.2) is 20.1 Å². The zero-order valence-corrected chi connectivity index (χ0v) is 12.6. The highest BCUT2D eigenvalue weighted by Gasteiger charge is 2.07.